The molecule has 1 fully saturated rings. The van der Waals surface area contributed by atoms with E-state index in [9.17, 15) is 0 Å². The predicted molar refractivity (Wildman–Crippen MR) is 84.0 cm³/mol. The van der Waals surface area contributed by atoms with E-state index in [0.29, 0.717) is 23.3 Å². The maximum Gasteiger partial charge on any atom is 0.136 e. The van der Waals surface area contributed by atoms with Crippen LogP contribution in [0.3, 0.4) is 0 Å². The van der Waals surface area contributed by atoms with Crippen molar-refractivity contribution in [3.63, 3.8) is 0 Å². The highest BCUT2D eigenvalue weighted by Crippen LogP contribution is 2.28. The minimum absolute atomic E-state index is 0.561. The van der Waals surface area contributed by atoms with E-state index in [1.165, 1.54) is 31.2 Å². The van der Waals surface area contributed by atoms with Crippen LogP contribution in [0.5, 0.6) is 5.75 Å². The van der Waals surface area contributed by atoms with Gasteiger partial charge in [0.05, 0.1) is 12.7 Å². The minimum atomic E-state index is 0.561. The van der Waals surface area contributed by atoms with Gasteiger partial charge in [0.1, 0.15) is 11.8 Å². The molecule has 0 saturated heterocycles. The molecule has 0 aromatic heterocycles. The molecule has 0 aliphatic heterocycles. The van der Waals surface area contributed by atoms with Gasteiger partial charge in [0.25, 0.3) is 0 Å². The molecule has 0 bridgehead atoms. The van der Waals surface area contributed by atoms with E-state index < -0.39 is 0 Å². The van der Waals surface area contributed by atoms with Crippen LogP contribution in [0.4, 0.5) is 0 Å². The minimum Gasteiger partial charge on any atom is -0.495 e. The van der Waals surface area contributed by atoms with Crippen LogP contribution in [0.25, 0.3) is 0 Å². The van der Waals surface area contributed by atoms with Crippen molar-refractivity contribution in [3.05, 3.63) is 29.3 Å². The summed E-state index contributed by atoms with van der Waals surface area (Å²) >= 11 is 0. The van der Waals surface area contributed by atoms with Crippen molar-refractivity contribution in [2.75, 3.05) is 20.7 Å². The number of nitrogens with two attached hydrogens (primary N) is 1. The van der Waals surface area contributed by atoms with Gasteiger partial charge in [-0.25, -0.2) is 0 Å². The lowest BCUT2D eigenvalue weighted by molar-refractivity contribution is 0.127. The van der Waals surface area contributed by atoms with Gasteiger partial charge in [-0.15, -0.1) is 0 Å². The Morgan fingerprint density at radius 1 is 1.38 bits per heavy atom. The third-order valence-electron chi connectivity index (χ3n) is 4.56. The standard InChI is InChI=1S/C17H25N3O/c1-20(16-6-4-3-5-14(16)10-18)12-13-7-8-15(11-19)17(9-13)21-2/h7-9,14,16H,3-6,10,12,18H2,1-2H3. The van der Waals surface area contributed by atoms with Crippen molar-refractivity contribution in [1.82, 2.24) is 4.90 Å². The number of nitrogens with zero attached hydrogens (tertiary/aromatic N) is 2. The van der Waals surface area contributed by atoms with Crippen molar-refractivity contribution in [2.24, 2.45) is 11.7 Å². The molecule has 2 rings (SSSR count). The van der Waals surface area contributed by atoms with E-state index >= 15 is 0 Å². The maximum atomic E-state index is 9.04. The molecule has 1 saturated carbocycles. The fraction of sp³-hybridized carbons (Fsp3) is 0.588. The lowest BCUT2D eigenvalue weighted by Crippen LogP contribution is -2.42. The molecule has 0 radical (unpaired) electrons. The lowest BCUT2D eigenvalue weighted by atomic mass is 9.83. The van der Waals surface area contributed by atoms with Gasteiger partial charge in [-0.2, -0.15) is 5.26 Å². The molecule has 1 aromatic rings. The Balaban J connectivity index is 2.08. The molecule has 2 atom stereocenters. The number of nitriles is 1. The summed E-state index contributed by atoms with van der Waals surface area (Å²) in [5, 5.41) is 9.04. The summed E-state index contributed by atoms with van der Waals surface area (Å²) in [7, 11) is 3.78. The lowest BCUT2D eigenvalue weighted by Gasteiger charge is -2.37. The fourth-order valence-electron chi connectivity index (χ4n) is 3.37. The summed E-state index contributed by atoms with van der Waals surface area (Å²) in [4.78, 5) is 2.40. The van der Waals surface area contributed by atoms with Crippen molar-refractivity contribution in [2.45, 2.75) is 38.3 Å². The van der Waals surface area contributed by atoms with E-state index in [-0.39, 0.29) is 0 Å². The monoisotopic (exact) mass is 287 g/mol. The van der Waals surface area contributed by atoms with Crippen LogP contribution in [-0.4, -0.2) is 31.6 Å². The van der Waals surface area contributed by atoms with Crippen LogP contribution in [0.15, 0.2) is 18.2 Å². The highest BCUT2D eigenvalue weighted by molar-refractivity contribution is 5.45. The molecule has 0 heterocycles. The Labute approximate surface area is 127 Å². The number of ether oxygens (including phenoxy) is 1. The van der Waals surface area contributed by atoms with E-state index in [1.807, 2.05) is 18.2 Å². The van der Waals surface area contributed by atoms with Gasteiger partial charge in [0.2, 0.25) is 0 Å². The molecule has 2 N–H and O–H groups in total. The molecule has 21 heavy (non-hydrogen) atoms. The molecule has 1 aromatic carbocycles. The molecule has 1 aliphatic carbocycles. The van der Waals surface area contributed by atoms with E-state index in [4.69, 9.17) is 15.7 Å². The van der Waals surface area contributed by atoms with Gasteiger partial charge in [0, 0.05) is 12.6 Å². The van der Waals surface area contributed by atoms with Crippen molar-refractivity contribution in [3.8, 4) is 11.8 Å². The summed E-state index contributed by atoms with van der Waals surface area (Å²) < 4.78 is 5.29. The van der Waals surface area contributed by atoms with Crippen LogP contribution < -0.4 is 10.5 Å². The molecular formula is C17H25N3O. The van der Waals surface area contributed by atoms with Crippen molar-refractivity contribution in [1.29, 1.82) is 5.26 Å². The van der Waals surface area contributed by atoms with Gasteiger partial charge >= 0.3 is 0 Å². The Bertz CT molecular complexity index is 509. The molecule has 0 amide bonds. The molecule has 0 spiro atoms. The quantitative estimate of drug-likeness (QED) is 0.904. The smallest absolute Gasteiger partial charge is 0.136 e. The summed E-state index contributed by atoms with van der Waals surface area (Å²) in [5.41, 5.74) is 7.69. The largest absolute Gasteiger partial charge is 0.495 e. The van der Waals surface area contributed by atoms with Crippen LogP contribution >= 0.6 is 0 Å². The second-order valence-electron chi connectivity index (χ2n) is 5.91. The van der Waals surface area contributed by atoms with Crippen molar-refractivity contribution < 1.29 is 4.74 Å². The Hall–Kier alpha value is -1.57. The summed E-state index contributed by atoms with van der Waals surface area (Å²) in [5.74, 6) is 1.26. The summed E-state index contributed by atoms with van der Waals surface area (Å²) in [6, 6.07) is 8.53. The third-order valence-corrected chi connectivity index (χ3v) is 4.56. The first-order valence-electron chi connectivity index (χ1n) is 7.67. The summed E-state index contributed by atoms with van der Waals surface area (Å²) in [6.45, 7) is 1.63. The van der Waals surface area contributed by atoms with Crippen molar-refractivity contribution >= 4 is 0 Å². The second kappa shape index (κ2) is 7.44. The fourth-order valence-corrected chi connectivity index (χ4v) is 3.37. The Morgan fingerprint density at radius 3 is 2.81 bits per heavy atom. The first-order chi connectivity index (χ1) is 10.2. The highest BCUT2D eigenvalue weighted by atomic mass is 16.5. The normalized spacial score (nSPS) is 22.0. The first-order valence-corrected chi connectivity index (χ1v) is 7.67. The average molecular weight is 287 g/mol. The number of methoxy groups -OCH3 is 1. The van der Waals surface area contributed by atoms with Gasteiger partial charge in [0.15, 0.2) is 0 Å². The molecule has 1 aliphatic rings. The number of hydrogen-bond acceptors (Lipinski definition) is 4. The zero-order valence-corrected chi connectivity index (χ0v) is 13.0. The molecule has 114 valence electrons. The molecule has 4 nitrogen and oxygen atoms in total. The van der Waals surface area contributed by atoms with Crippen LogP contribution in [0.1, 0.15) is 36.8 Å². The highest BCUT2D eigenvalue weighted by Gasteiger charge is 2.27. The van der Waals surface area contributed by atoms with Gasteiger partial charge in [-0.1, -0.05) is 18.9 Å². The Morgan fingerprint density at radius 2 is 2.14 bits per heavy atom. The van der Waals surface area contributed by atoms with Crippen LogP contribution in [0, 0.1) is 17.2 Å². The number of benzene rings is 1. The van der Waals surface area contributed by atoms with Gasteiger partial charge in [-0.3, -0.25) is 4.90 Å². The average Bonchev–Trinajstić information content (AvgIpc) is 2.54. The topological polar surface area (TPSA) is 62.3 Å². The third kappa shape index (κ3) is 3.75. The van der Waals surface area contributed by atoms with Gasteiger partial charge < -0.3 is 10.5 Å². The van der Waals surface area contributed by atoms with E-state index in [0.717, 1.165) is 13.1 Å². The van der Waals surface area contributed by atoms with E-state index in [2.05, 4.69) is 18.0 Å². The molecule has 2 unspecified atom stereocenters. The van der Waals surface area contributed by atoms with Crippen LogP contribution in [0.2, 0.25) is 0 Å². The van der Waals surface area contributed by atoms with Gasteiger partial charge in [-0.05, 0) is 50.0 Å². The maximum absolute atomic E-state index is 9.04. The van der Waals surface area contributed by atoms with E-state index in [1.54, 1.807) is 7.11 Å². The SMILES string of the molecule is COc1cc(CN(C)C2CCCCC2CN)ccc1C#N. The predicted octanol–water partition coefficient (Wildman–Crippen LogP) is 2.52. The van der Waals surface area contributed by atoms with Crippen LogP contribution in [-0.2, 0) is 6.54 Å². The first kappa shape index (κ1) is 15.8. The number of hydrogen-bond donors (Lipinski definition) is 1. The number of rotatable bonds is 5. The summed E-state index contributed by atoms with van der Waals surface area (Å²) in [6.07, 6.45) is 5.06. The zero-order valence-electron chi connectivity index (χ0n) is 13.0. The second-order valence-corrected chi connectivity index (χ2v) is 5.91. The Kier molecular flexibility index (Phi) is 5.60. The molecule has 4 heteroatoms. The molecular weight excluding hydrogens is 262 g/mol. The zero-order chi connectivity index (χ0) is 15.2.